The van der Waals surface area contributed by atoms with Crippen LogP contribution in [0.25, 0.3) is 11.0 Å². The number of pyridine rings is 1. The second-order valence-corrected chi connectivity index (χ2v) is 9.00. The number of rotatable bonds is 4. The smallest absolute Gasteiger partial charge is 0.241 e. The Hall–Kier alpha value is -2.41. The lowest BCUT2D eigenvalue weighted by atomic mass is 10.1. The maximum Gasteiger partial charge on any atom is 0.241 e. The SMILES string of the molecule is CN1CCCc2oc3cc(N4CCN(CCc5ccc(Cl)cn5)CC4=O)ccc3c2C1. The van der Waals surface area contributed by atoms with Gasteiger partial charge in [0.15, 0.2) is 0 Å². The van der Waals surface area contributed by atoms with Crippen LogP contribution in [-0.4, -0.2) is 60.5 Å². The van der Waals surface area contributed by atoms with Crippen molar-refractivity contribution in [2.24, 2.45) is 0 Å². The van der Waals surface area contributed by atoms with Gasteiger partial charge in [-0.25, -0.2) is 0 Å². The van der Waals surface area contributed by atoms with Gasteiger partial charge in [0.1, 0.15) is 11.3 Å². The molecule has 0 atom stereocenters. The molecule has 0 spiro atoms. The number of fused-ring (bicyclic) bond motifs is 3. The van der Waals surface area contributed by atoms with Crippen LogP contribution >= 0.6 is 11.6 Å². The van der Waals surface area contributed by atoms with Crippen LogP contribution in [0, 0.1) is 0 Å². The van der Waals surface area contributed by atoms with E-state index in [0.717, 1.165) is 68.2 Å². The lowest BCUT2D eigenvalue weighted by Gasteiger charge is -2.34. The monoisotopic (exact) mass is 438 g/mol. The highest BCUT2D eigenvalue weighted by Gasteiger charge is 2.26. The van der Waals surface area contributed by atoms with Crippen LogP contribution < -0.4 is 4.90 Å². The summed E-state index contributed by atoms with van der Waals surface area (Å²) < 4.78 is 6.21. The third-order valence-corrected chi connectivity index (χ3v) is 6.54. The predicted molar refractivity (Wildman–Crippen MR) is 123 cm³/mol. The molecule has 5 rings (SSSR count). The zero-order valence-corrected chi connectivity index (χ0v) is 18.6. The Morgan fingerprint density at radius 3 is 2.84 bits per heavy atom. The molecular weight excluding hydrogens is 412 g/mol. The van der Waals surface area contributed by atoms with Crippen molar-refractivity contribution in [1.29, 1.82) is 0 Å². The first-order chi connectivity index (χ1) is 15.1. The highest BCUT2D eigenvalue weighted by Crippen LogP contribution is 2.33. The number of hydrogen-bond acceptors (Lipinski definition) is 5. The summed E-state index contributed by atoms with van der Waals surface area (Å²) in [4.78, 5) is 23.7. The average Bonchev–Trinajstić information content (AvgIpc) is 2.98. The summed E-state index contributed by atoms with van der Waals surface area (Å²) in [6.45, 7) is 4.77. The quantitative estimate of drug-likeness (QED) is 0.621. The molecule has 0 saturated carbocycles. The van der Waals surface area contributed by atoms with Gasteiger partial charge in [0.2, 0.25) is 5.91 Å². The van der Waals surface area contributed by atoms with Crippen molar-refractivity contribution in [1.82, 2.24) is 14.8 Å². The van der Waals surface area contributed by atoms with Crippen molar-refractivity contribution in [2.75, 3.05) is 44.7 Å². The molecule has 0 N–H and O–H groups in total. The average molecular weight is 439 g/mol. The van der Waals surface area contributed by atoms with E-state index in [9.17, 15) is 4.79 Å². The van der Waals surface area contributed by atoms with Gasteiger partial charge < -0.3 is 14.2 Å². The zero-order chi connectivity index (χ0) is 21.4. The Labute approximate surface area is 187 Å². The van der Waals surface area contributed by atoms with E-state index in [1.165, 1.54) is 10.9 Å². The number of furan rings is 1. The predicted octanol–water partition coefficient (Wildman–Crippen LogP) is 3.75. The highest BCUT2D eigenvalue weighted by molar-refractivity contribution is 6.30. The molecule has 31 heavy (non-hydrogen) atoms. The zero-order valence-electron chi connectivity index (χ0n) is 17.8. The van der Waals surface area contributed by atoms with Crippen LogP contribution in [-0.2, 0) is 24.2 Å². The Morgan fingerprint density at radius 1 is 1.13 bits per heavy atom. The van der Waals surface area contributed by atoms with Crippen molar-refractivity contribution in [3.05, 3.63) is 58.6 Å². The molecule has 1 aromatic carbocycles. The minimum absolute atomic E-state index is 0.127. The molecule has 0 aliphatic carbocycles. The van der Waals surface area contributed by atoms with E-state index in [2.05, 4.69) is 34.0 Å². The van der Waals surface area contributed by atoms with E-state index in [0.29, 0.717) is 18.1 Å². The standard InChI is InChI=1S/C24H27ClN4O2/c1-27-9-2-3-22-21(15-27)20-7-6-19(13-23(20)31-22)29-12-11-28(16-24(29)30)10-8-18-5-4-17(25)14-26-18/h4-7,13-14H,2-3,8-12,15-16H2,1H3. The molecule has 2 aliphatic heterocycles. The fraction of sp³-hybridized carbons (Fsp3) is 0.417. The van der Waals surface area contributed by atoms with Crippen LogP contribution in [0.15, 0.2) is 40.9 Å². The number of amides is 1. The molecule has 3 aromatic rings. The number of anilines is 1. The fourth-order valence-corrected chi connectivity index (χ4v) is 4.72. The maximum absolute atomic E-state index is 12.9. The van der Waals surface area contributed by atoms with Crippen molar-refractivity contribution < 1.29 is 9.21 Å². The Bertz CT molecular complexity index is 1090. The number of aryl methyl sites for hydroxylation is 1. The van der Waals surface area contributed by atoms with Crippen molar-refractivity contribution in [2.45, 2.75) is 25.8 Å². The third-order valence-electron chi connectivity index (χ3n) is 6.32. The van der Waals surface area contributed by atoms with E-state index < -0.39 is 0 Å². The molecule has 0 unspecified atom stereocenters. The van der Waals surface area contributed by atoms with E-state index in [4.69, 9.17) is 16.0 Å². The molecule has 1 amide bonds. The summed E-state index contributed by atoms with van der Waals surface area (Å²) in [5.74, 6) is 1.23. The van der Waals surface area contributed by atoms with Crippen LogP contribution in [0.4, 0.5) is 5.69 Å². The number of hydrogen-bond donors (Lipinski definition) is 0. The second kappa shape index (κ2) is 8.61. The Balaban J connectivity index is 1.26. The number of carbonyl (C=O) groups excluding carboxylic acids is 1. The number of piperazine rings is 1. The van der Waals surface area contributed by atoms with E-state index in [1.807, 2.05) is 23.1 Å². The van der Waals surface area contributed by atoms with Crippen molar-refractivity contribution in [3.8, 4) is 0 Å². The highest BCUT2D eigenvalue weighted by atomic mass is 35.5. The normalized spacial score (nSPS) is 18.4. The van der Waals surface area contributed by atoms with E-state index in [1.54, 1.807) is 6.20 Å². The van der Waals surface area contributed by atoms with Gasteiger partial charge in [0.05, 0.1) is 11.6 Å². The Morgan fingerprint density at radius 2 is 2.03 bits per heavy atom. The summed E-state index contributed by atoms with van der Waals surface area (Å²) in [6.07, 6.45) is 4.57. The van der Waals surface area contributed by atoms with Crippen LogP contribution in [0.1, 0.15) is 23.4 Å². The summed E-state index contributed by atoms with van der Waals surface area (Å²) in [5.41, 5.74) is 4.11. The number of benzene rings is 1. The first-order valence-corrected chi connectivity index (χ1v) is 11.3. The van der Waals surface area contributed by atoms with Gasteiger partial charge in [-0.1, -0.05) is 11.6 Å². The molecule has 1 fully saturated rings. The molecule has 0 bridgehead atoms. The molecule has 2 aromatic heterocycles. The number of aromatic nitrogens is 1. The first kappa shape index (κ1) is 20.5. The second-order valence-electron chi connectivity index (χ2n) is 8.56. The first-order valence-electron chi connectivity index (χ1n) is 10.9. The largest absolute Gasteiger partial charge is 0.461 e. The molecule has 2 aliphatic rings. The van der Waals surface area contributed by atoms with Crippen LogP contribution in [0.3, 0.4) is 0 Å². The topological polar surface area (TPSA) is 52.8 Å². The van der Waals surface area contributed by atoms with Crippen molar-refractivity contribution in [3.63, 3.8) is 0 Å². The number of carbonyl (C=O) groups is 1. The fourth-order valence-electron chi connectivity index (χ4n) is 4.60. The van der Waals surface area contributed by atoms with Gasteiger partial charge in [-0.2, -0.15) is 0 Å². The third kappa shape index (κ3) is 4.33. The molecular formula is C24H27ClN4O2. The lowest BCUT2D eigenvalue weighted by molar-refractivity contribution is -0.121. The molecule has 0 radical (unpaired) electrons. The van der Waals surface area contributed by atoms with Gasteiger partial charge in [0, 0.05) is 73.6 Å². The van der Waals surface area contributed by atoms with Crippen LogP contribution in [0.2, 0.25) is 5.02 Å². The van der Waals surface area contributed by atoms with Gasteiger partial charge >= 0.3 is 0 Å². The van der Waals surface area contributed by atoms with Gasteiger partial charge in [0.25, 0.3) is 0 Å². The summed E-state index contributed by atoms with van der Waals surface area (Å²) in [7, 11) is 2.16. The number of halogens is 1. The minimum Gasteiger partial charge on any atom is -0.461 e. The summed E-state index contributed by atoms with van der Waals surface area (Å²) in [6, 6.07) is 10.0. The van der Waals surface area contributed by atoms with Crippen LogP contribution in [0.5, 0.6) is 0 Å². The lowest BCUT2D eigenvalue weighted by Crippen LogP contribution is -2.50. The molecule has 4 heterocycles. The van der Waals surface area contributed by atoms with E-state index >= 15 is 0 Å². The summed E-state index contributed by atoms with van der Waals surface area (Å²) >= 11 is 5.90. The Kier molecular flexibility index (Phi) is 5.69. The molecule has 7 heteroatoms. The molecule has 1 saturated heterocycles. The minimum atomic E-state index is 0.127. The van der Waals surface area contributed by atoms with Gasteiger partial charge in [-0.15, -0.1) is 0 Å². The summed E-state index contributed by atoms with van der Waals surface area (Å²) in [5, 5.41) is 1.82. The van der Waals surface area contributed by atoms with E-state index in [-0.39, 0.29) is 5.91 Å². The van der Waals surface area contributed by atoms with Gasteiger partial charge in [-0.05, 0) is 44.3 Å². The van der Waals surface area contributed by atoms with Gasteiger partial charge in [-0.3, -0.25) is 14.7 Å². The molecule has 162 valence electrons. The maximum atomic E-state index is 12.9. The number of nitrogens with zero attached hydrogens (tertiary/aromatic N) is 4. The molecule has 6 nitrogen and oxygen atoms in total. The van der Waals surface area contributed by atoms with Crippen molar-refractivity contribution >= 4 is 34.2 Å².